The van der Waals surface area contributed by atoms with E-state index < -0.39 is 5.91 Å². The molecule has 0 aliphatic rings. The van der Waals surface area contributed by atoms with Gasteiger partial charge in [-0.1, -0.05) is 15.9 Å². The van der Waals surface area contributed by atoms with E-state index in [0.29, 0.717) is 22.2 Å². The number of nitrogens with zero attached hydrogens (tertiary/aromatic N) is 2. The van der Waals surface area contributed by atoms with Crippen LogP contribution in [-0.2, 0) is 0 Å². The van der Waals surface area contributed by atoms with Crippen molar-refractivity contribution < 1.29 is 14.6 Å². The summed E-state index contributed by atoms with van der Waals surface area (Å²) in [5.41, 5.74) is 1.28. The molecule has 1 heterocycles. The predicted molar refractivity (Wildman–Crippen MR) is 89.5 cm³/mol. The first-order valence-electron chi connectivity index (χ1n) is 6.69. The number of H-pyrrole nitrogens is 1. The predicted octanol–water partition coefficient (Wildman–Crippen LogP) is 4.57. The van der Waals surface area contributed by atoms with Gasteiger partial charge in [0.15, 0.2) is 5.69 Å². The minimum absolute atomic E-state index is 0.152. The third kappa shape index (κ3) is 3.09. The van der Waals surface area contributed by atoms with E-state index in [1.165, 1.54) is 0 Å². The number of benzene rings is 2. The Hall–Kier alpha value is -2.67. The van der Waals surface area contributed by atoms with Crippen LogP contribution in [0.5, 0.6) is 11.6 Å². The highest BCUT2D eigenvalue weighted by molar-refractivity contribution is 9.10. The van der Waals surface area contributed by atoms with Crippen molar-refractivity contribution in [3.05, 3.63) is 52.5 Å². The van der Waals surface area contributed by atoms with E-state index in [0.717, 1.165) is 4.47 Å². The summed E-state index contributed by atoms with van der Waals surface area (Å²) in [6, 6.07) is 12.0. The highest BCUT2D eigenvalue weighted by Gasteiger charge is 2.12. The summed E-state index contributed by atoms with van der Waals surface area (Å²) in [4.78, 5) is 14.8. The lowest BCUT2D eigenvalue weighted by Gasteiger charge is -1.98. The number of rotatable bonds is 3. The number of aromatic hydroxyl groups is 1. The molecule has 23 heavy (non-hydrogen) atoms. The van der Waals surface area contributed by atoms with E-state index in [1.807, 2.05) is 0 Å². The number of hydrogen-bond acceptors (Lipinski definition) is 4. The Morgan fingerprint density at radius 3 is 2.65 bits per heavy atom. The first kappa shape index (κ1) is 15.2. The van der Waals surface area contributed by atoms with Crippen molar-refractivity contribution in [3.63, 3.8) is 0 Å². The topological polar surface area (TPSA) is 87.0 Å². The zero-order chi connectivity index (χ0) is 16.4. The van der Waals surface area contributed by atoms with E-state index in [1.54, 1.807) is 49.6 Å². The number of carbonyl (C=O) groups is 1. The molecule has 0 aliphatic heterocycles. The molecule has 3 aromatic rings. The van der Waals surface area contributed by atoms with Crippen LogP contribution < -0.4 is 4.74 Å². The second kappa shape index (κ2) is 6.21. The lowest BCUT2D eigenvalue weighted by atomic mass is 10.2. The highest BCUT2D eigenvalue weighted by Crippen LogP contribution is 2.37. The minimum Gasteiger partial charge on any atom is -0.497 e. The maximum atomic E-state index is 12.0. The van der Waals surface area contributed by atoms with Crippen molar-refractivity contribution in [1.82, 2.24) is 4.98 Å². The zero-order valence-corrected chi connectivity index (χ0v) is 13.7. The van der Waals surface area contributed by atoms with Crippen molar-refractivity contribution in [2.75, 3.05) is 7.11 Å². The molecule has 0 bridgehead atoms. The van der Waals surface area contributed by atoms with E-state index in [4.69, 9.17) is 4.74 Å². The third-order valence-corrected chi connectivity index (χ3v) is 3.82. The molecule has 0 aliphatic carbocycles. The molecule has 2 N–H and O–H groups in total. The van der Waals surface area contributed by atoms with Crippen LogP contribution in [0.2, 0.25) is 0 Å². The summed E-state index contributed by atoms with van der Waals surface area (Å²) in [6.45, 7) is 0. The van der Waals surface area contributed by atoms with Crippen molar-refractivity contribution in [1.29, 1.82) is 0 Å². The van der Waals surface area contributed by atoms with E-state index in [2.05, 4.69) is 31.1 Å². The molecule has 1 aromatic heterocycles. The van der Waals surface area contributed by atoms with Gasteiger partial charge in [-0.3, -0.25) is 4.79 Å². The monoisotopic (exact) mass is 373 g/mol. The maximum absolute atomic E-state index is 12.0. The summed E-state index contributed by atoms with van der Waals surface area (Å²) < 4.78 is 6.02. The first-order valence-corrected chi connectivity index (χ1v) is 7.48. The fraction of sp³-hybridized carbons (Fsp3) is 0.0625. The molecule has 7 heteroatoms. The van der Waals surface area contributed by atoms with E-state index in [-0.39, 0.29) is 11.6 Å². The fourth-order valence-electron chi connectivity index (χ4n) is 2.12. The fourth-order valence-corrected chi connectivity index (χ4v) is 2.38. The Morgan fingerprint density at radius 1 is 1.22 bits per heavy atom. The average Bonchev–Trinajstić information content (AvgIpc) is 2.87. The van der Waals surface area contributed by atoms with Gasteiger partial charge in [0.05, 0.1) is 12.6 Å². The molecule has 2 aromatic carbocycles. The molecule has 116 valence electrons. The lowest BCUT2D eigenvalue weighted by molar-refractivity contribution is 0.0995. The SMILES string of the molecule is COc1ccc2[nH]c(O)c(N=NC(=O)c3ccc(Br)cc3)c2c1. The number of amides is 1. The third-order valence-electron chi connectivity index (χ3n) is 3.29. The first-order chi connectivity index (χ1) is 11.1. The van der Waals surface area contributed by atoms with Gasteiger partial charge in [-0.15, -0.1) is 10.2 Å². The van der Waals surface area contributed by atoms with Crippen LogP contribution in [-0.4, -0.2) is 23.1 Å². The van der Waals surface area contributed by atoms with Gasteiger partial charge >= 0.3 is 0 Å². The summed E-state index contributed by atoms with van der Waals surface area (Å²) in [6.07, 6.45) is 0. The lowest BCUT2D eigenvalue weighted by Crippen LogP contribution is -1.92. The number of aromatic amines is 1. The average molecular weight is 374 g/mol. The van der Waals surface area contributed by atoms with Crippen molar-refractivity contribution in [2.45, 2.75) is 0 Å². The van der Waals surface area contributed by atoms with Crippen LogP contribution in [0.15, 0.2) is 57.2 Å². The number of halogens is 1. The molecule has 3 rings (SSSR count). The van der Waals surface area contributed by atoms with Gasteiger partial charge in [-0.25, -0.2) is 0 Å². The summed E-state index contributed by atoms with van der Waals surface area (Å²) in [5, 5.41) is 18.1. The van der Waals surface area contributed by atoms with Crippen LogP contribution in [0.1, 0.15) is 10.4 Å². The van der Waals surface area contributed by atoms with Crippen molar-refractivity contribution in [2.24, 2.45) is 10.2 Å². The second-order valence-corrected chi connectivity index (χ2v) is 5.66. The number of hydrogen-bond donors (Lipinski definition) is 2. The molecule has 1 amide bonds. The number of nitrogens with one attached hydrogen (secondary N) is 1. The van der Waals surface area contributed by atoms with Gasteiger partial charge in [0.25, 0.3) is 5.91 Å². The molecular weight excluding hydrogens is 362 g/mol. The number of aromatic nitrogens is 1. The molecular formula is C16H12BrN3O3. The molecule has 0 saturated carbocycles. The largest absolute Gasteiger partial charge is 0.497 e. The van der Waals surface area contributed by atoms with Gasteiger partial charge < -0.3 is 14.8 Å². The number of carbonyl (C=O) groups excluding carboxylic acids is 1. The summed E-state index contributed by atoms with van der Waals surface area (Å²) >= 11 is 3.30. The number of azo groups is 1. The number of methoxy groups -OCH3 is 1. The quantitative estimate of drug-likeness (QED) is 0.659. The van der Waals surface area contributed by atoms with E-state index in [9.17, 15) is 9.90 Å². The van der Waals surface area contributed by atoms with Gasteiger partial charge in [-0.05, 0) is 42.5 Å². The van der Waals surface area contributed by atoms with Crippen LogP contribution in [0.4, 0.5) is 5.69 Å². The molecule has 0 atom stereocenters. The Kier molecular flexibility index (Phi) is 4.12. The van der Waals surface area contributed by atoms with Gasteiger partial charge in [0.2, 0.25) is 5.88 Å². The van der Waals surface area contributed by atoms with Gasteiger partial charge in [0, 0.05) is 15.4 Å². The summed E-state index contributed by atoms with van der Waals surface area (Å²) in [7, 11) is 1.55. The smallest absolute Gasteiger partial charge is 0.295 e. The minimum atomic E-state index is -0.492. The molecule has 0 saturated heterocycles. The zero-order valence-electron chi connectivity index (χ0n) is 12.1. The van der Waals surface area contributed by atoms with Crippen LogP contribution in [0, 0.1) is 0 Å². The molecule has 0 unspecified atom stereocenters. The maximum Gasteiger partial charge on any atom is 0.295 e. The van der Waals surface area contributed by atoms with E-state index >= 15 is 0 Å². The van der Waals surface area contributed by atoms with Crippen molar-refractivity contribution >= 4 is 38.4 Å². The molecule has 0 radical (unpaired) electrons. The Bertz CT molecular complexity index is 901. The molecule has 6 nitrogen and oxygen atoms in total. The van der Waals surface area contributed by atoms with Crippen LogP contribution in [0.3, 0.4) is 0 Å². The van der Waals surface area contributed by atoms with Gasteiger partial charge in [-0.2, -0.15) is 0 Å². The number of fused-ring (bicyclic) bond motifs is 1. The van der Waals surface area contributed by atoms with Gasteiger partial charge in [0.1, 0.15) is 5.75 Å². The standard InChI is InChI=1S/C16H12BrN3O3/c1-23-11-6-7-13-12(8-11)14(16(22)18-13)19-20-15(21)9-2-4-10(17)5-3-9/h2-8,18,22H,1H3. The normalized spacial score (nSPS) is 11.2. The Morgan fingerprint density at radius 2 is 1.96 bits per heavy atom. The highest BCUT2D eigenvalue weighted by atomic mass is 79.9. The second-order valence-electron chi connectivity index (χ2n) is 4.75. The van der Waals surface area contributed by atoms with Crippen LogP contribution >= 0.6 is 15.9 Å². The number of ether oxygens (including phenoxy) is 1. The Labute approximate surface area is 139 Å². The molecule has 0 fully saturated rings. The molecule has 0 spiro atoms. The van der Waals surface area contributed by atoms with Crippen molar-refractivity contribution in [3.8, 4) is 11.6 Å². The Balaban J connectivity index is 1.95. The van der Waals surface area contributed by atoms with Crippen LogP contribution in [0.25, 0.3) is 10.9 Å². The summed E-state index contributed by atoms with van der Waals surface area (Å²) in [5.74, 6) is -0.0260.